The van der Waals surface area contributed by atoms with E-state index in [1.165, 1.54) is 0 Å². The molecule has 0 spiro atoms. The van der Waals surface area contributed by atoms with Crippen LogP contribution in [0.4, 0.5) is 0 Å². The lowest BCUT2D eigenvalue weighted by molar-refractivity contribution is 0.0927. The number of nitrogens with one attached hydrogen (secondary N) is 1. The van der Waals surface area contributed by atoms with Gasteiger partial charge in [0.05, 0.1) is 15.7 Å². The molecule has 1 aliphatic heterocycles. The maximum Gasteiger partial charge on any atom is 0.251 e. The number of nitrogens with zero attached hydrogens (tertiary/aromatic N) is 4. The van der Waals surface area contributed by atoms with Gasteiger partial charge >= 0.3 is 0 Å². The van der Waals surface area contributed by atoms with Gasteiger partial charge in [0.2, 0.25) is 0 Å². The number of benzene rings is 1. The Kier molecular flexibility index (Phi) is 3.57. The molecule has 6 nitrogen and oxygen atoms in total. The van der Waals surface area contributed by atoms with Crippen molar-refractivity contribution in [2.45, 2.75) is 38.8 Å². The third kappa shape index (κ3) is 2.61. The molecule has 1 atom stereocenters. The summed E-state index contributed by atoms with van der Waals surface area (Å²) in [6.07, 6.45) is 2.61. The Labute approximate surface area is 137 Å². The van der Waals surface area contributed by atoms with E-state index in [-0.39, 0.29) is 11.9 Å². The van der Waals surface area contributed by atoms with Crippen LogP contribution in [-0.2, 0) is 19.4 Å². The first-order valence-electron chi connectivity index (χ1n) is 7.79. The molecule has 4 rings (SSSR count). The van der Waals surface area contributed by atoms with Gasteiger partial charge in [0.25, 0.3) is 5.91 Å². The molecule has 2 aromatic heterocycles. The molecule has 118 valence electrons. The number of hydrogen-bond donors (Lipinski definition) is 1. The fourth-order valence-electron chi connectivity index (χ4n) is 3.03. The number of hydrogen-bond acceptors (Lipinski definition) is 5. The summed E-state index contributed by atoms with van der Waals surface area (Å²) in [4.78, 5) is 16.8. The number of fused-ring (bicyclic) bond motifs is 2. The van der Waals surface area contributed by atoms with E-state index < -0.39 is 0 Å². The van der Waals surface area contributed by atoms with E-state index in [9.17, 15) is 4.79 Å². The zero-order valence-electron chi connectivity index (χ0n) is 12.8. The van der Waals surface area contributed by atoms with Crippen molar-refractivity contribution in [3.8, 4) is 0 Å². The highest BCUT2D eigenvalue weighted by Crippen LogP contribution is 2.20. The van der Waals surface area contributed by atoms with Gasteiger partial charge < -0.3 is 9.88 Å². The van der Waals surface area contributed by atoms with Crippen LogP contribution in [-0.4, -0.2) is 31.7 Å². The fourth-order valence-corrected chi connectivity index (χ4v) is 3.74. The molecule has 1 unspecified atom stereocenters. The number of carbonyl (C=O) groups is 1. The highest BCUT2D eigenvalue weighted by molar-refractivity contribution is 7.16. The summed E-state index contributed by atoms with van der Waals surface area (Å²) in [6, 6.07) is 5.76. The highest BCUT2D eigenvalue weighted by atomic mass is 32.1. The minimum absolute atomic E-state index is 0.0279. The lowest BCUT2D eigenvalue weighted by atomic mass is 10.1. The Morgan fingerprint density at radius 1 is 1.43 bits per heavy atom. The molecule has 0 radical (unpaired) electrons. The molecule has 1 N–H and O–H groups in total. The molecule has 1 amide bonds. The predicted octanol–water partition coefficient (Wildman–Crippen LogP) is 2.19. The van der Waals surface area contributed by atoms with Crippen molar-refractivity contribution >= 4 is 27.5 Å². The van der Waals surface area contributed by atoms with E-state index in [0.717, 1.165) is 47.7 Å². The van der Waals surface area contributed by atoms with Crippen LogP contribution < -0.4 is 5.32 Å². The smallest absolute Gasteiger partial charge is 0.251 e. The van der Waals surface area contributed by atoms with E-state index in [4.69, 9.17) is 0 Å². The Balaban J connectivity index is 1.50. The topological polar surface area (TPSA) is 72.7 Å². The molecule has 3 aromatic rings. The van der Waals surface area contributed by atoms with Crippen LogP contribution in [0, 0.1) is 0 Å². The first-order valence-corrected chi connectivity index (χ1v) is 8.67. The summed E-state index contributed by atoms with van der Waals surface area (Å²) in [6.45, 7) is 2.82. The molecule has 0 saturated carbocycles. The predicted molar refractivity (Wildman–Crippen MR) is 88.6 cm³/mol. The Hall–Kier alpha value is -2.28. The maximum absolute atomic E-state index is 12.5. The second kappa shape index (κ2) is 5.73. The van der Waals surface area contributed by atoms with Gasteiger partial charge in [-0.05, 0) is 24.6 Å². The Morgan fingerprint density at radius 3 is 3.22 bits per heavy atom. The maximum atomic E-state index is 12.5. The zero-order chi connectivity index (χ0) is 15.8. The van der Waals surface area contributed by atoms with Gasteiger partial charge in [0, 0.05) is 31.0 Å². The van der Waals surface area contributed by atoms with Gasteiger partial charge in [-0.15, -0.1) is 21.5 Å². The molecular formula is C16H17N5OS. The molecule has 0 bridgehead atoms. The summed E-state index contributed by atoms with van der Waals surface area (Å²) < 4.78 is 3.18. The summed E-state index contributed by atoms with van der Waals surface area (Å²) in [5.41, 5.74) is 3.42. The standard InChI is InChI=1S/C16H17N5OS/c1-2-14-19-20-15-6-4-11(8-21(14)15)18-16(22)10-3-5-12-13(7-10)23-9-17-12/h3,5,7,9,11H,2,4,6,8H2,1H3,(H,18,22). The van der Waals surface area contributed by atoms with Gasteiger partial charge in [0.15, 0.2) is 0 Å². The number of thiazole rings is 1. The van der Waals surface area contributed by atoms with Gasteiger partial charge in [0.1, 0.15) is 11.6 Å². The minimum Gasteiger partial charge on any atom is -0.347 e. The first-order chi connectivity index (χ1) is 11.2. The van der Waals surface area contributed by atoms with Gasteiger partial charge in [-0.1, -0.05) is 6.92 Å². The van der Waals surface area contributed by atoms with Crippen LogP contribution in [0.25, 0.3) is 10.2 Å². The molecule has 1 aliphatic rings. The average Bonchev–Trinajstić information content (AvgIpc) is 3.20. The lowest BCUT2D eigenvalue weighted by Gasteiger charge is -2.25. The largest absolute Gasteiger partial charge is 0.347 e. The van der Waals surface area contributed by atoms with Crippen molar-refractivity contribution < 1.29 is 4.79 Å². The van der Waals surface area contributed by atoms with Crippen LogP contribution in [0.2, 0.25) is 0 Å². The van der Waals surface area contributed by atoms with Crippen molar-refractivity contribution in [1.82, 2.24) is 25.1 Å². The van der Waals surface area contributed by atoms with Crippen molar-refractivity contribution in [1.29, 1.82) is 0 Å². The molecule has 0 saturated heterocycles. The summed E-state index contributed by atoms with van der Waals surface area (Å²) >= 11 is 1.55. The number of carbonyl (C=O) groups excluding carboxylic acids is 1. The highest BCUT2D eigenvalue weighted by Gasteiger charge is 2.23. The number of rotatable bonds is 3. The third-order valence-electron chi connectivity index (χ3n) is 4.27. The van der Waals surface area contributed by atoms with E-state index in [0.29, 0.717) is 5.56 Å². The van der Waals surface area contributed by atoms with Crippen molar-refractivity contribution in [3.05, 3.63) is 40.9 Å². The number of aryl methyl sites for hydroxylation is 2. The molecule has 23 heavy (non-hydrogen) atoms. The average molecular weight is 327 g/mol. The van der Waals surface area contributed by atoms with E-state index >= 15 is 0 Å². The number of amides is 1. The van der Waals surface area contributed by atoms with Crippen LogP contribution in [0.5, 0.6) is 0 Å². The van der Waals surface area contributed by atoms with Crippen LogP contribution in [0.15, 0.2) is 23.7 Å². The number of aromatic nitrogens is 4. The molecule has 1 aromatic carbocycles. The zero-order valence-corrected chi connectivity index (χ0v) is 13.6. The molecule has 0 aliphatic carbocycles. The Bertz CT molecular complexity index is 855. The van der Waals surface area contributed by atoms with E-state index in [1.54, 1.807) is 16.8 Å². The molecular weight excluding hydrogens is 310 g/mol. The summed E-state index contributed by atoms with van der Waals surface area (Å²) in [5, 5.41) is 11.6. The van der Waals surface area contributed by atoms with Crippen molar-refractivity contribution in [2.24, 2.45) is 0 Å². The van der Waals surface area contributed by atoms with Crippen LogP contribution in [0.1, 0.15) is 35.4 Å². The van der Waals surface area contributed by atoms with Crippen molar-refractivity contribution in [2.75, 3.05) is 0 Å². The van der Waals surface area contributed by atoms with Crippen LogP contribution in [0.3, 0.4) is 0 Å². The normalized spacial score (nSPS) is 17.2. The quantitative estimate of drug-likeness (QED) is 0.800. The minimum atomic E-state index is -0.0279. The first kappa shape index (κ1) is 14.3. The van der Waals surface area contributed by atoms with Gasteiger partial charge in [-0.25, -0.2) is 4.98 Å². The summed E-state index contributed by atoms with van der Waals surface area (Å²) in [7, 11) is 0. The molecule has 0 fully saturated rings. The third-order valence-corrected chi connectivity index (χ3v) is 5.06. The van der Waals surface area contributed by atoms with E-state index in [2.05, 4.69) is 32.0 Å². The lowest BCUT2D eigenvalue weighted by Crippen LogP contribution is -2.41. The van der Waals surface area contributed by atoms with Crippen molar-refractivity contribution in [3.63, 3.8) is 0 Å². The van der Waals surface area contributed by atoms with Gasteiger partial charge in [-0.3, -0.25) is 4.79 Å². The fraction of sp³-hybridized carbons (Fsp3) is 0.375. The molecule has 3 heterocycles. The molecule has 7 heteroatoms. The second-order valence-electron chi connectivity index (χ2n) is 5.74. The van der Waals surface area contributed by atoms with E-state index in [1.807, 2.05) is 18.2 Å². The SMILES string of the molecule is CCc1nnc2n1CC(NC(=O)c1ccc3ncsc3c1)CC2. The van der Waals surface area contributed by atoms with Crippen LogP contribution >= 0.6 is 11.3 Å². The second-order valence-corrected chi connectivity index (χ2v) is 6.63. The van der Waals surface area contributed by atoms with Gasteiger partial charge in [-0.2, -0.15) is 0 Å². The Morgan fingerprint density at radius 2 is 2.35 bits per heavy atom. The monoisotopic (exact) mass is 327 g/mol. The summed E-state index contributed by atoms with van der Waals surface area (Å²) in [5.74, 6) is 1.99.